The number of fused-ring (bicyclic) bond motifs is 1. The van der Waals surface area contributed by atoms with E-state index < -0.39 is 0 Å². The molecule has 3 heterocycles. The van der Waals surface area contributed by atoms with Crippen LogP contribution in [0.5, 0.6) is 0 Å². The first-order valence-corrected chi connectivity index (χ1v) is 10.4. The number of amides is 2. The van der Waals surface area contributed by atoms with Gasteiger partial charge in [-0.3, -0.25) is 14.5 Å². The van der Waals surface area contributed by atoms with Crippen molar-refractivity contribution in [1.82, 2.24) is 20.4 Å². The Kier molecular flexibility index (Phi) is 5.82. The molecule has 0 aliphatic carbocycles. The van der Waals surface area contributed by atoms with Crippen molar-refractivity contribution in [3.63, 3.8) is 0 Å². The Morgan fingerprint density at radius 3 is 2.64 bits per heavy atom. The van der Waals surface area contributed by atoms with E-state index in [9.17, 15) is 9.59 Å². The number of para-hydroxylation sites is 1. The summed E-state index contributed by atoms with van der Waals surface area (Å²) < 4.78 is 0. The quantitative estimate of drug-likeness (QED) is 0.779. The van der Waals surface area contributed by atoms with Gasteiger partial charge in [-0.05, 0) is 38.6 Å². The van der Waals surface area contributed by atoms with Crippen molar-refractivity contribution >= 4 is 17.5 Å². The number of piperazine rings is 1. The molecule has 0 bridgehead atoms. The van der Waals surface area contributed by atoms with Crippen LogP contribution in [0, 0.1) is 0 Å². The number of carbonyl (C=O) groups excluding carboxylic acids is 2. The highest BCUT2D eigenvalue weighted by molar-refractivity contribution is 5.83. The lowest BCUT2D eigenvalue weighted by Crippen LogP contribution is -2.49. The van der Waals surface area contributed by atoms with Crippen LogP contribution in [-0.2, 0) is 9.59 Å². The normalized spacial score (nSPS) is 28.6. The largest absolute Gasteiger partial charge is 0.368 e. The molecule has 1 aromatic rings. The predicted octanol–water partition coefficient (Wildman–Crippen LogP) is 0.276. The summed E-state index contributed by atoms with van der Waals surface area (Å²) in [6.07, 6.45) is 2.32. The molecule has 1 aromatic carbocycles. The average Bonchev–Trinajstić information content (AvgIpc) is 3.20. The molecular weight excluding hydrogens is 354 g/mol. The Balaban J connectivity index is 1.27. The van der Waals surface area contributed by atoms with Gasteiger partial charge in [0.25, 0.3) is 0 Å². The summed E-state index contributed by atoms with van der Waals surface area (Å²) in [5, 5.41) is 6.35. The van der Waals surface area contributed by atoms with Crippen molar-refractivity contribution in [2.24, 2.45) is 0 Å². The molecule has 3 aliphatic heterocycles. The second kappa shape index (κ2) is 8.49. The second-order valence-electron chi connectivity index (χ2n) is 8.09. The number of likely N-dealkylation sites (N-methyl/N-ethyl adjacent to an activating group) is 1. The highest BCUT2D eigenvalue weighted by Gasteiger charge is 2.40. The van der Waals surface area contributed by atoms with Crippen molar-refractivity contribution in [3.8, 4) is 0 Å². The third-order valence-corrected chi connectivity index (χ3v) is 6.53. The summed E-state index contributed by atoms with van der Waals surface area (Å²) in [6, 6.07) is 10.7. The smallest absolute Gasteiger partial charge is 0.238 e. The molecule has 3 saturated heterocycles. The molecule has 28 heavy (non-hydrogen) atoms. The fourth-order valence-electron chi connectivity index (χ4n) is 4.75. The summed E-state index contributed by atoms with van der Waals surface area (Å²) in [5.41, 5.74) is 1.23. The molecule has 7 heteroatoms. The van der Waals surface area contributed by atoms with Crippen LogP contribution in [0.1, 0.15) is 19.3 Å². The standard InChI is InChI=1S/C21H31N5O2/c1-24-17(15-23-21(28)20-18(24)9-10-22-20)7-8-19(27)26-13-11-25(12-14-26)16-5-3-2-4-6-16/h2-6,17-18,20,22H,7-15H2,1H3,(H,23,28)/t17-,18+,20-/m0/s1. The summed E-state index contributed by atoms with van der Waals surface area (Å²) in [6.45, 7) is 4.82. The van der Waals surface area contributed by atoms with Crippen molar-refractivity contribution in [2.45, 2.75) is 37.4 Å². The van der Waals surface area contributed by atoms with Crippen LogP contribution < -0.4 is 15.5 Å². The number of nitrogens with zero attached hydrogens (tertiary/aromatic N) is 3. The first kappa shape index (κ1) is 19.2. The zero-order valence-electron chi connectivity index (χ0n) is 16.6. The fraction of sp³-hybridized carbons (Fsp3) is 0.619. The van der Waals surface area contributed by atoms with E-state index >= 15 is 0 Å². The van der Waals surface area contributed by atoms with Gasteiger partial charge in [0.1, 0.15) is 6.04 Å². The molecule has 7 nitrogen and oxygen atoms in total. The van der Waals surface area contributed by atoms with Crippen LogP contribution in [-0.4, -0.2) is 86.1 Å². The minimum Gasteiger partial charge on any atom is -0.368 e. The molecule has 152 valence electrons. The molecule has 3 aliphatic rings. The number of benzene rings is 1. The number of rotatable bonds is 4. The zero-order valence-corrected chi connectivity index (χ0v) is 16.6. The van der Waals surface area contributed by atoms with Gasteiger partial charge < -0.3 is 20.4 Å². The van der Waals surface area contributed by atoms with Crippen LogP contribution in [0.2, 0.25) is 0 Å². The molecule has 0 radical (unpaired) electrons. The van der Waals surface area contributed by atoms with Crippen molar-refractivity contribution in [3.05, 3.63) is 30.3 Å². The number of hydrogen-bond acceptors (Lipinski definition) is 5. The first-order chi connectivity index (χ1) is 13.6. The Hall–Kier alpha value is -2.12. The Morgan fingerprint density at radius 2 is 1.89 bits per heavy atom. The third-order valence-electron chi connectivity index (χ3n) is 6.53. The van der Waals surface area contributed by atoms with E-state index in [1.165, 1.54) is 5.69 Å². The molecule has 0 spiro atoms. The maximum atomic E-state index is 12.8. The van der Waals surface area contributed by atoms with Crippen LogP contribution in [0.4, 0.5) is 5.69 Å². The number of hydrogen-bond donors (Lipinski definition) is 2. The van der Waals surface area contributed by atoms with Gasteiger partial charge in [-0.2, -0.15) is 0 Å². The number of nitrogens with one attached hydrogen (secondary N) is 2. The Bertz CT molecular complexity index is 689. The molecule has 2 N–H and O–H groups in total. The maximum absolute atomic E-state index is 12.8. The molecule has 4 rings (SSSR count). The van der Waals surface area contributed by atoms with Gasteiger partial charge in [-0.1, -0.05) is 18.2 Å². The van der Waals surface area contributed by atoms with Gasteiger partial charge in [0.05, 0.1) is 0 Å². The van der Waals surface area contributed by atoms with E-state index in [-0.39, 0.29) is 29.9 Å². The summed E-state index contributed by atoms with van der Waals surface area (Å²) in [5.74, 6) is 0.331. The van der Waals surface area contributed by atoms with Gasteiger partial charge in [-0.25, -0.2) is 0 Å². The van der Waals surface area contributed by atoms with Gasteiger partial charge in [0.15, 0.2) is 0 Å². The Labute approximate surface area is 167 Å². The summed E-state index contributed by atoms with van der Waals surface area (Å²) in [4.78, 5) is 31.6. The SMILES string of the molecule is CN1[C@@H](CCC(=O)N2CCN(c3ccccc3)CC2)CNC(=O)[C@H]2NCC[C@H]21. The lowest BCUT2D eigenvalue weighted by Gasteiger charge is -2.37. The minimum absolute atomic E-state index is 0.0974. The van der Waals surface area contributed by atoms with E-state index in [4.69, 9.17) is 0 Å². The van der Waals surface area contributed by atoms with Crippen LogP contribution in [0.25, 0.3) is 0 Å². The number of carbonyl (C=O) groups is 2. The fourth-order valence-corrected chi connectivity index (χ4v) is 4.75. The van der Waals surface area contributed by atoms with Crippen LogP contribution >= 0.6 is 0 Å². The van der Waals surface area contributed by atoms with Crippen LogP contribution in [0.3, 0.4) is 0 Å². The summed E-state index contributed by atoms with van der Waals surface area (Å²) >= 11 is 0. The summed E-state index contributed by atoms with van der Waals surface area (Å²) in [7, 11) is 2.10. The van der Waals surface area contributed by atoms with E-state index in [1.807, 2.05) is 11.0 Å². The third kappa shape index (κ3) is 4.00. The number of anilines is 1. The predicted molar refractivity (Wildman–Crippen MR) is 109 cm³/mol. The first-order valence-electron chi connectivity index (χ1n) is 10.4. The molecule has 0 unspecified atom stereocenters. The van der Waals surface area contributed by atoms with E-state index in [0.29, 0.717) is 13.0 Å². The molecule has 2 amide bonds. The van der Waals surface area contributed by atoms with Crippen molar-refractivity contribution in [1.29, 1.82) is 0 Å². The second-order valence-corrected chi connectivity index (χ2v) is 8.09. The molecule has 3 atom stereocenters. The van der Waals surface area contributed by atoms with Gasteiger partial charge in [0, 0.05) is 56.9 Å². The molecular formula is C21H31N5O2. The van der Waals surface area contributed by atoms with Crippen molar-refractivity contribution < 1.29 is 9.59 Å². The van der Waals surface area contributed by atoms with Gasteiger partial charge in [0.2, 0.25) is 11.8 Å². The van der Waals surface area contributed by atoms with Gasteiger partial charge in [-0.15, -0.1) is 0 Å². The maximum Gasteiger partial charge on any atom is 0.238 e. The average molecular weight is 386 g/mol. The lowest BCUT2D eigenvalue weighted by atomic mass is 10.0. The monoisotopic (exact) mass is 385 g/mol. The molecule has 0 saturated carbocycles. The highest BCUT2D eigenvalue weighted by atomic mass is 16.2. The highest BCUT2D eigenvalue weighted by Crippen LogP contribution is 2.22. The van der Waals surface area contributed by atoms with Gasteiger partial charge >= 0.3 is 0 Å². The van der Waals surface area contributed by atoms with Crippen molar-refractivity contribution in [2.75, 3.05) is 51.2 Å². The molecule has 0 aromatic heterocycles. The Morgan fingerprint density at radius 1 is 1.14 bits per heavy atom. The van der Waals surface area contributed by atoms with Crippen LogP contribution in [0.15, 0.2) is 30.3 Å². The topological polar surface area (TPSA) is 67.9 Å². The lowest BCUT2D eigenvalue weighted by molar-refractivity contribution is -0.131. The van der Waals surface area contributed by atoms with E-state index in [0.717, 1.165) is 45.6 Å². The van der Waals surface area contributed by atoms with E-state index in [2.05, 4.69) is 51.7 Å². The van der Waals surface area contributed by atoms with E-state index in [1.54, 1.807) is 0 Å². The zero-order chi connectivity index (χ0) is 19.5. The minimum atomic E-state index is -0.114. The molecule has 3 fully saturated rings.